The SMILES string of the molecule is C#CCC(CC(=C=CC(C)(C)C1=CCCCC1)S(=O)(=O)c1ccccc1)(C(=O)OC)C(=O)OC. The minimum Gasteiger partial charge on any atom is -0.468 e. The molecular formula is C27H32O6S. The van der Waals surface area contributed by atoms with Crippen LogP contribution in [-0.2, 0) is 28.9 Å². The zero-order valence-electron chi connectivity index (χ0n) is 20.2. The normalized spacial score (nSPS) is 14.1. The van der Waals surface area contributed by atoms with Crippen LogP contribution in [-0.4, -0.2) is 34.6 Å². The highest BCUT2D eigenvalue weighted by molar-refractivity contribution is 7.95. The number of ether oxygens (including phenoxy) is 2. The van der Waals surface area contributed by atoms with E-state index in [-0.39, 0.29) is 9.80 Å². The maximum absolute atomic E-state index is 13.6. The number of methoxy groups -OCH3 is 2. The van der Waals surface area contributed by atoms with Crippen molar-refractivity contribution in [3.8, 4) is 12.3 Å². The Labute approximate surface area is 202 Å². The van der Waals surface area contributed by atoms with Gasteiger partial charge in [0.1, 0.15) is 0 Å². The molecular weight excluding hydrogens is 452 g/mol. The third-order valence-electron chi connectivity index (χ3n) is 6.11. The first-order chi connectivity index (χ1) is 16.0. The molecule has 0 radical (unpaired) electrons. The summed E-state index contributed by atoms with van der Waals surface area (Å²) in [5.74, 6) is 0.375. The summed E-state index contributed by atoms with van der Waals surface area (Å²) < 4.78 is 37.0. The Hall–Kier alpha value is -3.07. The Balaban J connectivity index is 2.76. The van der Waals surface area contributed by atoms with Crippen LogP contribution in [0.15, 0.2) is 63.6 Å². The molecule has 6 nitrogen and oxygen atoms in total. The van der Waals surface area contributed by atoms with Gasteiger partial charge in [0.25, 0.3) is 0 Å². The molecule has 0 spiro atoms. The molecule has 182 valence electrons. The Kier molecular flexibility index (Phi) is 9.09. The molecule has 0 atom stereocenters. The van der Waals surface area contributed by atoms with E-state index in [0.717, 1.165) is 39.9 Å². The van der Waals surface area contributed by atoms with Crippen molar-refractivity contribution in [1.29, 1.82) is 0 Å². The van der Waals surface area contributed by atoms with Gasteiger partial charge in [-0.05, 0) is 43.9 Å². The number of allylic oxidation sites excluding steroid dienone is 3. The number of rotatable bonds is 9. The fourth-order valence-corrected chi connectivity index (χ4v) is 5.47. The van der Waals surface area contributed by atoms with Gasteiger partial charge >= 0.3 is 11.9 Å². The first-order valence-electron chi connectivity index (χ1n) is 11.1. The van der Waals surface area contributed by atoms with E-state index in [4.69, 9.17) is 15.9 Å². The molecule has 1 aromatic rings. The van der Waals surface area contributed by atoms with Gasteiger partial charge < -0.3 is 9.47 Å². The lowest BCUT2D eigenvalue weighted by Crippen LogP contribution is -2.42. The van der Waals surface area contributed by atoms with Gasteiger partial charge in [-0.25, -0.2) is 8.42 Å². The molecule has 0 saturated carbocycles. The minimum absolute atomic E-state index is 0.0185. The lowest BCUT2D eigenvalue weighted by molar-refractivity contribution is -0.168. The van der Waals surface area contributed by atoms with E-state index in [1.807, 2.05) is 13.8 Å². The zero-order chi connectivity index (χ0) is 25.4. The van der Waals surface area contributed by atoms with Crippen molar-refractivity contribution in [3.63, 3.8) is 0 Å². The smallest absolute Gasteiger partial charge is 0.324 e. The van der Waals surface area contributed by atoms with Crippen LogP contribution in [0.5, 0.6) is 0 Å². The van der Waals surface area contributed by atoms with Gasteiger partial charge in [-0.15, -0.1) is 18.1 Å². The fraction of sp³-hybridized carbons (Fsp3) is 0.444. The Bertz CT molecular complexity index is 1130. The van der Waals surface area contributed by atoms with Crippen molar-refractivity contribution < 1.29 is 27.5 Å². The van der Waals surface area contributed by atoms with E-state index in [1.165, 1.54) is 17.7 Å². The van der Waals surface area contributed by atoms with E-state index in [1.54, 1.807) is 24.3 Å². The fourth-order valence-electron chi connectivity index (χ4n) is 4.02. The molecule has 1 aliphatic rings. The second-order valence-electron chi connectivity index (χ2n) is 8.85. The summed E-state index contributed by atoms with van der Waals surface area (Å²) in [6.45, 7) is 3.97. The van der Waals surface area contributed by atoms with Gasteiger partial charge in [0.2, 0.25) is 9.84 Å². The molecule has 0 bridgehead atoms. The highest BCUT2D eigenvalue weighted by Gasteiger charge is 2.50. The molecule has 1 aromatic carbocycles. The molecule has 0 amide bonds. The molecule has 2 rings (SSSR count). The number of sulfone groups is 1. The third kappa shape index (κ3) is 5.88. The summed E-state index contributed by atoms with van der Waals surface area (Å²) in [5.41, 5.74) is 1.65. The van der Waals surface area contributed by atoms with Crippen LogP contribution in [0.4, 0.5) is 0 Å². The highest BCUT2D eigenvalue weighted by atomic mass is 32.2. The van der Waals surface area contributed by atoms with E-state index in [2.05, 4.69) is 17.7 Å². The van der Waals surface area contributed by atoms with E-state index in [0.29, 0.717) is 0 Å². The Morgan fingerprint density at radius 1 is 1.09 bits per heavy atom. The van der Waals surface area contributed by atoms with Crippen LogP contribution in [0.25, 0.3) is 0 Å². The molecule has 0 aromatic heterocycles. The van der Waals surface area contributed by atoms with Crippen LogP contribution in [0.2, 0.25) is 0 Å². The van der Waals surface area contributed by atoms with E-state index in [9.17, 15) is 18.0 Å². The predicted octanol–water partition coefficient (Wildman–Crippen LogP) is 4.77. The molecule has 0 heterocycles. The average Bonchev–Trinajstić information content (AvgIpc) is 2.85. The standard InChI is InChI=1S/C27H32O6S/c1-6-18-27(24(28)32-4,25(29)33-5)20-23(34(30,31)22-15-11-8-12-16-22)17-19-26(2,3)21-13-9-7-10-14-21/h1,8,11-13,15-16,19H,7,9-10,14,18,20H2,2-5H3. The predicted molar refractivity (Wildman–Crippen MR) is 130 cm³/mol. The summed E-state index contributed by atoms with van der Waals surface area (Å²) in [7, 11) is -1.90. The Morgan fingerprint density at radius 3 is 2.21 bits per heavy atom. The minimum atomic E-state index is -4.12. The van der Waals surface area contributed by atoms with Crippen molar-refractivity contribution in [2.24, 2.45) is 10.8 Å². The molecule has 0 N–H and O–H groups in total. The van der Waals surface area contributed by atoms with Gasteiger partial charge in [-0.3, -0.25) is 9.59 Å². The van der Waals surface area contributed by atoms with Crippen molar-refractivity contribution in [2.45, 2.75) is 57.3 Å². The number of hydrogen-bond donors (Lipinski definition) is 0. The monoisotopic (exact) mass is 484 g/mol. The number of carbonyl (C=O) groups excluding carboxylic acids is 2. The van der Waals surface area contributed by atoms with Crippen LogP contribution >= 0.6 is 0 Å². The van der Waals surface area contributed by atoms with E-state index < -0.39 is 45.4 Å². The second kappa shape index (κ2) is 11.4. The Morgan fingerprint density at radius 2 is 1.71 bits per heavy atom. The van der Waals surface area contributed by atoms with Crippen LogP contribution in [0.1, 0.15) is 52.4 Å². The van der Waals surface area contributed by atoms with Crippen LogP contribution in [0, 0.1) is 23.2 Å². The molecule has 0 unspecified atom stereocenters. The van der Waals surface area contributed by atoms with Crippen molar-refractivity contribution in [3.05, 3.63) is 58.7 Å². The summed E-state index contributed by atoms with van der Waals surface area (Å²) in [4.78, 5) is 25.4. The topological polar surface area (TPSA) is 86.7 Å². The van der Waals surface area contributed by atoms with Crippen LogP contribution in [0.3, 0.4) is 0 Å². The van der Waals surface area contributed by atoms with Gasteiger partial charge in [0, 0.05) is 18.3 Å². The molecule has 34 heavy (non-hydrogen) atoms. The van der Waals surface area contributed by atoms with Gasteiger partial charge in [-0.1, -0.05) is 43.7 Å². The quantitative estimate of drug-likeness (QED) is 0.165. The van der Waals surface area contributed by atoms with Gasteiger partial charge in [0.05, 0.1) is 24.0 Å². The summed E-state index contributed by atoms with van der Waals surface area (Å²) >= 11 is 0. The largest absolute Gasteiger partial charge is 0.468 e. The second-order valence-corrected chi connectivity index (χ2v) is 10.8. The maximum Gasteiger partial charge on any atom is 0.324 e. The van der Waals surface area contributed by atoms with Crippen molar-refractivity contribution in [1.82, 2.24) is 0 Å². The summed E-state index contributed by atoms with van der Waals surface area (Å²) in [6, 6.07) is 7.79. The molecule has 0 saturated heterocycles. The first-order valence-corrected chi connectivity index (χ1v) is 12.6. The third-order valence-corrected chi connectivity index (χ3v) is 7.91. The zero-order valence-corrected chi connectivity index (χ0v) is 21.0. The molecule has 0 aliphatic heterocycles. The summed E-state index contributed by atoms with van der Waals surface area (Å²) in [5, 5.41) is 0. The molecule has 1 aliphatic carbocycles. The molecule has 7 heteroatoms. The first kappa shape index (κ1) is 27.2. The number of terminal acetylenes is 1. The lowest BCUT2D eigenvalue weighted by Gasteiger charge is -2.28. The number of esters is 2. The number of hydrogen-bond acceptors (Lipinski definition) is 6. The highest BCUT2D eigenvalue weighted by Crippen LogP contribution is 2.38. The number of carbonyl (C=O) groups is 2. The average molecular weight is 485 g/mol. The van der Waals surface area contributed by atoms with Gasteiger partial charge in [-0.2, -0.15) is 0 Å². The van der Waals surface area contributed by atoms with Crippen molar-refractivity contribution >= 4 is 21.8 Å². The van der Waals surface area contributed by atoms with Crippen molar-refractivity contribution in [2.75, 3.05) is 14.2 Å². The molecule has 0 fully saturated rings. The maximum atomic E-state index is 13.6. The van der Waals surface area contributed by atoms with Gasteiger partial charge in [0.15, 0.2) is 5.41 Å². The number of benzene rings is 1. The van der Waals surface area contributed by atoms with Crippen LogP contribution < -0.4 is 0 Å². The lowest BCUT2D eigenvalue weighted by atomic mass is 9.78. The summed E-state index contributed by atoms with van der Waals surface area (Å²) in [6.07, 6.45) is 12.5. The van der Waals surface area contributed by atoms with E-state index >= 15 is 0 Å².